The van der Waals surface area contributed by atoms with Gasteiger partial charge in [-0.1, -0.05) is 0 Å². The highest BCUT2D eigenvalue weighted by Gasteiger charge is 2.18. The van der Waals surface area contributed by atoms with E-state index in [4.69, 9.17) is 13.9 Å². The average Bonchev–Trinajstić information content (AvgIpc) is 2.58. The van der Waals surface area contributed by atoms with Gasteiger partial charge in [0.15, 0.2) is 0 Å². The Morgan fingerprint density at radius 2 is 2.04 bits per heavy atom. The highest BCUT2D eigenvalue weighted by molar-refractivity contribution is 5.94. The van der Waals surface area contributed by atoms with E-state index in [9.17, 15) is 9.59 Å². The highest BCUT2D eigenvalue weighted by atomic mass is 16.5. The Morgan fingerprint density at radius 1 is 1.24 bits per heavy atom. The molecule has 1 aromatic carbocycles. The summed E-state index contributed by atoms with van der Waals surface area (Å²) in [5.41, 5.74) is 1.58. The van der Waals surface area contributed by atoms with Crippen LogP contribution in [0.1, 0.15) is 28.4 Å². The number of aryl methyl sites for hydroxylation is 2. The molecule has 0 saturated carbocycles. The number of carbonyl (C=O) groups excluding carboxylic acids is 1. The lowest BCUT2D eigenvalue weighted by atomic mass is 10.1. The topological polar surface area (TPSA) is 78.6 Å². The normalized spacial score (nSPS) is 10.7. The third-order valence-electron chi connectivity index (χ3n) is 3.79. The van der Waals surface area contributed by atoms with Crippen LogP contribution >= 0.6 is 0 Å². The quantitative estimate of drug-likeness (QED) is 0.412. The van der Waals surface area contributed by atoms with Crippen LogP contribution in [-0.2, 0) is 0 Å². The zero-order valence-corrected chi connectivity index (χ0v) is 14.2. The van der Waals surface area contributed by atoms with Crippen molar-refractivity contribution in [3.8, 4) is 11.6 Å². The molecule has 0 saturated heterocycles. The Kier molecular flexibility index (Phi) is 4.52. The van der Waals surface area contributed by atoms with Crippen LogP contribution in [0.2, 0.25) is 0 Å². The minimum atomic E-state index is -0.589. The molecular formula is C19H17NO5. The summed E-state index contributed by atoms with van der Waals surface area (Å²) in [5.74, 6) is -0.0534. The molecule has 6 nitrogen and oxygen atoms in total. The second kappa shape index (κ2) is 6.76. The van der Waals surface area contributed by atoms with Gasteiger partial charge < -0.3 is 13.9 Å². The van der Waals surface area contributed by atoms with Crippen molar-refractivity contribution in [2.24, 2.45) is 0 Å². The van der Waals surface area contributed by atoms with Crippen LogP contribution in [0.25, 0.3) is 11.0 Å². The average molecular weight is 339 g/mol. The summed E-state index contributed by atoms with van der Waals surface area (Å²) in [4.78, 5) is 28.2. The van der Waals surface area contributed by atoms with E-state index in [1.165, 1.54) is 6.07 Å². The van der Waals surface area contributed by atoms with E-state index in [2.05, 4.69) is 4.98 Å². The third kappa shape index (κ3) is 3.24. The summed E-state index contributed by atoms with van der Waals surface area (Å²) < 4.78 is 16.1. The van der Waals surface area contributed by atoms with Gasteiger partial charge in [0.1, 0.15) is 16.9 Å². The Labute approximate surface area is 144 Å². The summed E-state index contributed by atoms with van der Waals surface area (Å²) in [5, 5.41) is 0.799. The lowest BCUT2D eigenvalue weighted by molar-refractivity contribution is 0.0728. The summed E-state index contributed by atoms with van der Waals surface area (Å²) in [6.45, 7) is 5.76. The van der Waals surface area contributed by atoms with Crippen molar-refractivity contribution in [3.63, 3.8) is 0 Å². The van der Waals surface area contributed by atoms with E-state index in [0.717, 1.165) is 10.9 Å². The lowest BCUT2D eigenvalue weighted by Gasteiger charge is -2.11. The Hall–Kier alpha value is -3.15. The zero-order chi connectivity index (χ0) is 18.0. The van der Waals surface area contributed by atoms with E-state index < -0.39 is 11.6 Å². The van der Waals surface area contributed by atoms with Gasteiger partial charge in [-0.05, 0) is 50.6 Å². The maximum absolute atomic E-state index is 12.5. The van der Waals surface area contributed by atoms with Crippen LogP contribution in [0.15, 0.2) is 45.7 Å². The molecule has 3 rings (SSSR count). The summed E-state index contributed by atoms with van der Waals surface area (Å²) in [6.07, 6.45) is 1.54. The summed E-state index contributed by atoms with van der Waals surface area (Å²) in [7, 11) is 0. The minimum Gasteiger partial charge on any atom is -0.477 e. The number of esters is 1. The Bertz CT molecular complexity index is 1010. The molecule has 0 radical (unpaired) electrons. The number of carbonyl (C=O) groups is 1. The monoisotopic (exact) mass is 339 g/mol. The van der Waals surface area contributed by atoms with Gasteiger partial charge in [0, 0.05) is 23.2 Å². The fraction of sp³-hybridized carbons (Fsp3) is 0.211. The standard InChI is InChI=1S/C19H17NO5/c1-4-23-18-14(6-5-9-20-18)19(22)24-15-8-7-13-11(2)10-16(21)25-17(13)12(15)3/h5-10H,4H2,1-3H3. The molecule has 6 heteroatoms. The number of nitrogens with zero attached hydrogens (tertiary/aromatic N) is 1. The third-order valence-corrected chi connectivity index (χ3v) is 3.79. The van der Waals surface area contributed by atoms with Gasteiger partial charge in [0.05, 0.1) is 6.61 Å². The van der Waals surface area contributed by atoms with Crippen molar-refractivity contribution in [1.29, 1.82) is 0 Å². The summed E-state index contributed by atoms with van der Waals surface area (Å²) >= 11 is 0. The molecule has 0 bridgehead atoms. The molecular weight excluding hydrogens is 322 g/mol. The van der Waals surface area contributed by atoms with Crippen molar-refractivity contribution in [2.45, 2.75) is 20.8 Å². The molecule has 3 aromatic rings. The molecule has 2 aromatic heterocycles. The molecule has 0 aliphatic heterocycles. The second-order valence-electron chi connectivity index (χ2n) is 5.49. The van der Waals surface area contributed by atoms with Gasteiger partial charge in [-0.3, -0.25) is 0 Å². The molecule has 0 spiro atoms. The Morgan fingerprint density at radius 3 is 2.80 bits per heavy atom. The first-order valence-corrected chi connectivity index (χ1v) is 7.85. The van der Waals surface area contributed by atoms with Gasteiger partial charge >= 0.3 is 11.6 Å². The lowest BCUT2D eigenvalue weighted by Crippen LogP contribution is -2.12. The molecule has 2 heterocycles. The first-order valence-electron chi connectivity index (χ1n) is 7.85. The van der Waals surface area contributed by atoms with Gasteiger partial charge in [0.2, 0.25) is 5.88 Å². The predicted molar refractivity (Wildman–Crippen MR) is 92.3 cm³/mol. The van der Waals surface area contributed by atoms with Crippen molar-refractivity contribution in [2.75, 3.05) is 6.61 Å². The van der Waals surface area contributed by atoms with Gasteiger partial charge in [-0.15, -0.1) is 0 Å². The van der Waals surface area contributed by atoms with Crippen molar-refractivity contribution < 1.29 is 18.7 Å². The largest absolute Gasteiger partial charge is 0.477 e. The Balaban J connectivity index is 2.00. The molecule has 0 fully saturated rings. The maximum atomic E-state index is 12.5. The smallest absolute Gasteiger partial charge is 0.349 e. The van der Waals surface area contributed by atoms with Crippen molar-refractivity contribution >= 4 is 16.9 Å². The molecule has 0 N–H and O–H groups in total. The number of aromatic nitrogens is 1. The van der Waals surface area contributed by atoms with Gasteiger partial charge in [0.25, 0.3) is 0 Å². The van der Waals surface area contributed by atoms with Crippen molar-refractivity contribution in [3.05, 3.63) is 63.6 Å². The molecule has 0 amide bonds. The predicted octanol–water partition coefficient (Wildman–Crippen LogP) is 3.42. The van der Waals surface area contributed by atoms with E-state index in [1.54, 1.807) is 37.4 Å². The number of benzene rings is 1. The first kappa shape index (κ1) is 16.7. The van der Waals surface area contributed by atoms with Crippen LogP contribution in [0, 0.1) is 13.8 Å². The first-order chi connectivity index (χ1) is 12.0. The van der Waals surface area contributed by atoms with Gasteiger partial charge in [-0.2, -0.15) is 0 Å². The van der Waals surface area contributed by atoms with Crippen molar-refractivity contribution in [1.82, 2.24) is 4.98 Å². The van der Waals surface area contributed by atoms with E-state index in [1.807, 2.05) is 13.8 Å². The molecule has 0 aliphatic carbocycles. The minimum absolute atomic E-state index is 0.218. The fourth-order valence-corrected chi connectivity index (χ4v) is 2.56. The van der Waals surface area contributed by atoms with Crippen LogP contribution in [-0.4, -0.2) is 17.6 Å². The van der Waals surface area contributed by atoms with E-state index >= 15 is 0 Å². The number of pyridine rings is 1. The van der Waals surface area contributed by atoms with Crippen LogP contribution in [0.3, 0.4) is 0 Å². The number of rotatable bonds is 4. The van der Waals surface area contributed by atoms with Gasteiger partial charge in [-0.25, -0.2) is 14.6 Å². The molecule has 25 heavy (non-hydrogen) atoms. The molecule has 0 unspecified atom stereocenters. The number of hydrogen-bond donors (Lipinski definition) is 0. The number of ether oxygens (including phenoxy) is 2. The second-order valence-corrected chi connectivity index (χ2v) is 5.49. The van der Waals surface area contributed by atoms with E-state index in [0.29, 0.717) is 23.5 Å². The number of fused-ring (bicyclic) bond motifs is 1. The molecule has 0 aliphatic rings. The number of hydrogen-bond acceptors (Lipinski definition) is 6. The molecule has 0 atom stereocenters. The molecule has 128 valence electrons. The van der Waals surface area contributed by atoms with Crippen LogP contribution < -0.4 is 15.1 Å². The fourth-order valence-electron chi connectivity index (χ4n) is 2.56. The zero-order valence-electron chi connectivity index (χ0n) is 14.2. The highest BCUT2D eigenvalue weighted by Crippen LogP contribution is 2.29. The van der Waals surface area contributed by atoms with Crippen LogP contribution in [0.5, 0.6) is 11.6 Å². The van der Waals surface area contributed by atoms with Crippen LogP contribution in [0.4, 0.5) is 0 Å². The van der Waals surface area contributed by atoms with E-state index in [-0.39, 0.29) is 11.4 Å². The SMILES string of the molecule is CCOc1ncccc1C(=O)Oc1ccc2c(C)cc(=O)oc2c1C. The summed E-state index contributed by atoms with van der Waals surface area (Å²) in [6, 6.07) is 8.09. The maximum Gasteiger partial charge on any atom is 0.349 e.